The van der Waals surface area contributed by atoms with E-state index in [4.69, 9.17) is 4.42 Å². The normalized spacial score (nSPS) is 13.9. The Morgan fingerprint density at radius 3 is 2.78 bits per heavy atom. The monoisotopic (exact) mass is 349 g/mol. The van der Waals surface area contributed by atoms with Crippen LogP contribution in [0.4, 0.5) is 4.39 Å². The number of nitrogens with zero attached hydrogens (tertiary/aromatic N) is 1. The van der Waals surface area contributed by atoms with Crippen molar-refractivity contribution in [3.8, 4) is 10.8 Å². The van der Waals surface area contributed by atoms with Crippen molar-refractivity contribution in [3.05, 3.63) is 64.6 Å². The van der Waals surface area contributed by atoms with E-state index in [2.05, 4.69) is 4.98 Å². The summed E-state index contributed by atoms with van der Waals surface area (Å²) in [6, 6.07) is 10.3. The summed E-state index contributed by atoms with van der Waals surface area (Å²) in [5.41, 5.74) is 1.13. The maximum Gasteiger partial charge on any atom is 0.236 e. The van der Waals surface area contributed by atoms with Gasteiger partial charge in [0.2, 0.25) is 5.89 Å². The molecule has 3 rings (SSSR count). The van der Waals surface area contributed by atoms with E-state index in [1.54, 1.807) is 36.5 Å². The molecule has 0 fully saturated rings. The zero-order chi connectivity index (χ0) is 16.4. The van der Waals surface area contributed by atoms with Gasteiger partial charge in [0.1, 0.15) is 11.6 Å². The summed E-state index contributed by atoms with van der Waals surface area (Å²) in [5.74, 6) is 1.12. The molecule has 120 valence electrons. The van der Waals surface area contributed by atoms with Crippen LogP contribution in [0.25, 0.3) is 10.8 Å². The van der Waals surface area contributed by atoms with Crippen LogP contribution in [0.1, 0.15) is 29.2 Å². The fourth-order valence-electron chi connectivity index (χ4n) is 2.27. The first-order chi connectivity index (χ1) is 11.1. The summed E-state index contributed by atoms with van der Waals surface area (Å²) < 4.78 is 32.1. The van der Waals surface area contributed by atoms with E-state index < -0.39 is 16.0 Å². The van der Waals surface area contributed by atoms with Crippen molar-refractivity contribution < 1.29 is 13.0 Å². The maximum absolute atomic E-state index is 13.8. The molecule has 0 aliphatic heterocycles. The van der Waals surface area contributed by atoms with E-state index in [0.29, 0.717) is 22.9 Å². The lowest BCUT2D eigenvalue weighted by Gasteiger charge is -2.11. The van der Waals surface area contributed by atoms with E-state index in [1.807, 2.05) is 24.4 Å². The van der Waals surface area contributed by atoms with Crippen LogP contribution >= 0.6 is 11.3 Å². The second-order valence-electron chi connectivity index (χ2n) is 5.19. The molecule has 0 unspecified atom stereocenters. The molecule has 1 aromatic carbocycles. The molecule has 0 spiro atoms. The third-order valence-corrected chi connectivity index (χ3v) is 6.10. The van der Waals surface area contributed by atoms with E-state index in [0.717, 1.165) is 4.88 Å². The summed E-state index contributed by atoms with van der Waals surface area (Å²) in [4.78, 5) is 5.38. The molecule has 0 aliphatic rings. The standard InChI is InChI=1S/C17H16FNO2S2/c1-11-15(19-17(21-11)16-8-5-9-22-16)10-23(20)12(2)13-6-3-4-7-14(13)18/h3-9,12H,10H2,1-2H3/t12-,23+/m1/s1. The number of rotatable bonds is 5. The zero-order valence-corrected chi connectivity index (χ0v) is 14.4. The number of oxazole rings is 1. The quantitative estimate of drug-likeness (QED) is 0.660. The van der Waals surface area contributed by atoms with Gasteiger partial charge in [-0.2, -0.15) is 0 Å². The summed E-state index contributed by atoms with van der Waals surface area (Å²) in [5, 5.41) is 1.55. The van der Waals surface area contributed by atoms with Crippen molar-refractivity contribution in [1.82, 2.24) is 4.98 Å². The van der Waals surface area contributed by atoms with Gasteiger partial charge in [-0.1, -0.05) is 24.3 Å². The highest BCUT2D eigenvalue weighted by Gasteiger charge is 2.21. The Bertz CT molecular complexity index is 827. The summed E-state index contributed by atoms with van der Waals surface area (Å²) in [7, 11) is -1.28. The van der Waals surface area contributed by atoms with Crippen molar-refractivity contribution in [1.29, 1.82) is 0 Å². The number of hydrogen-bond acceptors (Lipinski definition) is 4. The van der Waals surface area contributed by atoms with Gasteiger partial charge in [-0.05, 0) is 31.4 Å². The van der Waals surface area contributed by atoms with Crippen molar-refractivity contribution in [3.63, 3.8) is 0 Å². The molecule has 2 atom stereocenters. The first kappa shape index (κ1) is 16.1. The molecule has 6 heteroatoms. The predicted octanol–water partition coefficient (Wildman–Crippen LogP) is 4.86. The average molecular weight is 349 g/mol. The minimum atomic E-state index is -1.28. The smallest absolute Gasteiger partial charge is 0.236 e. The lowest BCUT2D eigenvalue weighted by molar-refractivity contribution is 0.541. The summed E-state index contributed by atoms with van der Waals surface area (Å²) in [6.45, 7) is 3.58. The van der Waals surface area contributed by atoms with Gasteiger partial charge < -0.3 is 4.42 Å². The van der Waals surface area contributed by atoms with Gasteiger partial charge in [-0.25, -0.2) is 9.37 Å². The average Bonchev–Trinajstić information content (AvgIpc) is 3.17. The van der Waals surface area contributed by atoms with Crippen LogP contribution < -0.4 is 0 Å². The third-order valence-electron chi connectivity index (χ3n) is 3.64. The fourth-order valence-corrected chi connectivity index (χ4v) is 4.18. The minimum absolute atomic E-state index is 0.246. The molecule has 0 saturated carbocycles. The molecule has 3 aromatic rings. The van der Waals surface area contributed by atoms with E-state index in [1.165, 1.54) is 6.07 Å². The number of aromatic nitrogens is 1. The van der Waals surface area contributed by atoms with Crippen LogP contribution in [-0.4, -0.2) is 9.19 Å². The topological polar surface area (TPSA) is 43.1 Å². The van der Waals surface area contributed by atoms with E-state index >= 15 is 0 Å². The van der Waals surface area contributed by atoms with Crippen molar-refractivity contribution in [2.75, 3.05) is 0 Å². The highest BCUT2D eigenvalue weighted by Crippen LogP contribution is 2.29. The van der Waals surface area contributed by atoms with Crippen molar-refractivity contribution in [2.24, 2.45) is 0 Å². The number of hydrogen-bond donors (Lipinski definition) is 0. The molecule has 0 amide bonds. The molecule has 0 aliphatic carbocycles. The van der Waals surface area contributed by atoms with Gasteiger partial charge in [-0.15, -0.1) is 11.3 Å². The van der Waals surface area contributed by atoms with Gasteiger partial charge in [-0.3, -0.25) is 4.21 Å². The van der Waals surface area contributed by atoms with Crippen LogP contribution in [0, 0.1) is 12.7 Å². The first-order valence-electron chi connectivity index (χ1n) is 7.18. The summed E-state index contributed by atoms with van der Waals surface area (Å²) in [6.07, 6.45) is 0. The molecule has 0 bridgehead atoms. The van der Waals surface area contributed by atoms with Gasteiger partial charge in [0.05, 0.1) is 21.6 Å². The Balaban J connectivity index is 1.79. The van der Waals surface area contributed by atoms with Crippen LogP contribution in [0.3, 0.4) is 0 Å². The molecular weight excluding hydrogens is 333 g/mol. The van der Waals surface area contributed by atoms with Crippen LogP contribution in [0.5, 0.6) is 0 Å². The van der Waals surface area contributed by atoms with Crippen LogP contribution in [0.2, 0.25) is 0 Å². The molecule has 3 nitrogen and oxygen atoms in total. The number of thiophene rings is 1. The van der Waals surface area contributed by atoms with Crippen LogP contribution in [-0.2, 0) is 16.6 Å². The molecular formula is C17H16FNO2S2. The van der Waals surface area contributed by atoms with E-state index in [9.17, 15) is 8.60 Å². The molecule has 0 N–H and O–H groups in total. The summed E-state index contributed by atoms with van der Waals surface area (Å²) >= 11 is 1.54. The molecule has 0 saturated heterocycles. The Kier molecular flexibility index (Phi) is 4.73. The number of halogens is 1. The minimum Gasteiger partial charge on any atom is -0.440 e. The Morgan fingerprint density at radius 1 is 1.30 bits per heavy atom. The van der Waals surface area contributed by atoms with Gasteiger partial charge in [0.25, 0.3) is 0 Å². The maximum atomic E-state index is 13.8. The second-order valence-corrected chi connectivity index (χ2v) is 7.89. The van der Waals surface area contributed by atoms with Gasteiger partial charge in [0.15, 0.2) is 0 Å². The SMILES string of the molecule is Cc1oc(-c2cccs2)nc1C[S@](=O)[C@H](C)c1ccccc1F. The Morgan fingerprint density at radius 2 is 2.09 bits per heavy atom. The number of benzene rings is 1. The third kappa shape index (κ3) is 3.43. The lowest BCUT2D eigenvalue weighted by atomic mass is 10.1. The van der Waals surface area contributed by atoms with Gasteiger partial charge in [0, 0.05) is 16.4 Å². The molecule has 2 heterocycles. The predicted molar refractivity (Wildman–Crippen MR) is 91.2 cm³/mol. The van der Waals surface area contributed by atoms with Crippen molar-refractivity contribution >= 4 is 22.1 Å². The molecule has 23 heavy (non-hydrogen) atoms. The zero-order valence-electron chi connectivity index (χ0n) is 12.8. The second kappa shape index (κ2) is 6.76. The Labute approximate surface area is 140 Å². The van der Waals surface area contributed by atoms with Gasteiger partial charge >= 0.3 is 0 Å². The lowest BCUT2D eigenvalue weighted by Crippen LogP contribution is -2.08. The highest BCUT2D eigenvalue weighted by atomic mass is 32.2. The van der Waals surface area contributed by atoms with Crippen LogP contribution in [0.15, 0.2) is 46.2 Å². The first-order valence-corrected chi connectivity index (χ1v) is 9.44. The largest absolute Gasteiger partial charge is 0.440 e. The highest BCUT2D eigenvalue weighted by molar-refractivity contribution is 7.84. The number of aryl methyl sites for hydroxylation is 1. The van der Waals surface area contributed by atoms with Crippen molar-refractivity contribution in [2.45, 2.75) is 24.9 Å². The fraction of sp³-hybridized carbons (Fsp3) is 0.235. The Hall–Kier alpha value is -1.79. The van der Waals surface area contributed by atoms with E-state index in [-0.39, 0.29) is 11.6 Å². The molecule has 0 radical (unpaired) electrons. The molecule has 2 aromatic heterocycles.